The molecule has 4 nitrogen and oxygen atoms in total. The molecule has 0 saturated carbocycles. The van der Waals surface area contributed by atoms with Crippen LogP contribution in [0.2, 0.25) is 0 Å². The zero-order chi connectivity index (χ0) is 42.6. The monoisotopic (exact) mass is 828 g/mol. The van der Waals surface area contributed by atoms with Crippen LogP contribution in [0.5, 0.6) is 0 Å². The minimum Gasteiger partial charge on any atom is -0.454 e. The van der Waals surface area contributed by atoms with Crippen molar-refractivity contribution >= 4 is 101 Å². The second-order valence-electron chi connectivity index (χ2n) is 17.2. The maximum Gasteiger partial charge on any atom is 0.248 e. The maximum atomic E-state index is 7.02. The minimum atomic E-state index is -0.0102. The fourth-order valence-electron chi connectivity index (χ4n) is 10.8. The van der Waals surface area contributed by atoms with Crippen LogP contribution in [0.4, 0.5) is 34.1 Å². The molecule has 0 N–H and O–H groups in total. The molecule has 0 amide bonds. The number of furan rings is 2. The lowest BCUT2D eigenvalue weighted by Crippen LogP contribution is -2.54. The van der Waals surface area contributed by atoms with Gasteiger partial charge in [-0.15, -0.1) is 0 Å². The van der Waals surface area contributed by atoms with Gasteiger partial charge in [0.25, 0.3) is 0 Å². The highest BCUT2D eigenvalue weighted by atomic mass is 16.3. The summed E-state index contributed by atoms with van der Waals surface area (Å²) in [6, 6.07) is 80.9. The Balaban J connectivity index is 1.08. The first-order valence-electron chi connectivity index (χ1n) is 22.3. The SMILES string of the molecule is c1ccc(-c2ccc(N(c3cccc(-c4ccccc4)c3)c3cc4c5c(c3)N(c3cccc6c3oc3ccccc36)c3c(ccc6c3oc3ccccc36)B5c3ccccc3-4)cc2)cc1. The Morgan fingerprint density at radius 1 is 0.354 bits per heavy atom. The van der Waals surface area contributed by atoms with E-state index in [0.717, 1.165) is 83.6 Å². The second-order valence-corrected chi connectivity index (χ2v) is 17.2. The van der Waals surface area contributed by atoms with Crippen molar-refractivity contribution in [3.05, 3.63) is 224 Å². The molecule has 4 heterocycles. The van der Waals surface area contributed by atoms with E-state index in [4.69, 9.17) is 8.83 Å². The molecule has 302 valence electrons. The van der Waals surface area contributed by atoms with Gasteiger partial charge < -0.3 is 18.6 Å². The third-order valence-corrected chi connectivity index (χ3v) is 13.6. The number of fused-ring (bicyclic) bond motifs is 12. The van der Waals surface area contributed by atoms with Gasteiger partial charge in [0.05, 0.1) is 11.4 Å². The highest BCUT2D eigenvalue weighted by Crippen LogP contribution is 2.50. The first-order chi connectivity index (χ1) is 32.2. The fraction of sp³-hybridized carbons (Fsp3) is 0. The van der Waals surface area contributed by atoms with Crippen molar-refractivity contribution in [1.82, 2.24) is 0 Å². The molecular weight excluding hydrogens is 791 g/mol. The van der Waals surface area contributed by atoms with Crippen LogP contribution in [-0.4, -0.2) is 6.71 Å². The van der Waals surface area contributed by atoms with Crippen molar-refractivity contribution in [3.8, 4) is 33.4 Å². The van der Waals surface area contributed by atoms with E-state index in [1.165, 1.54) is 44.2 Å². The molecule has 2 aliphatic rings. The van der Waals surface area contributed by atoms with Crippen molar-refractivity contribution < 1.29 is 8.83 Å². The fourth-order valence-corrected chi connectivity index (χ4v) is 10.8. The molecule has 0 aliphatic carbocycles. The topological polar surface area (TPSA) is 32.8 Å². The average Bonchev–Trinajstić information content (AvgIpc) is 4.06. The molecule has 0 saturated heterocycles. The number of rotatable bonds is 6. The summed E-state index contributed by atoms with van der Waals surface area (Å²) in [5, 5.41) is 4.36. The van der Waals surface area contributed by atoms with E-state index in [9.17, 15) is 0 Å². The molecule has 10 aromatic carbocycles. The standard InChI is InChI=1S/C60H37BN2O2/c1-3-15-38(16-4-1)40-29-31-42(32-30-40)62(43-20-13-19-41(35-43)39-17-5-2-6-18-39)44-36-50-45-21-7-10-25-51(45)61-52-34-33-49-47-23-9-12-28-56(47)65-60(49)58(52)63(54(37-44)57(50)61)53-26-14-24-48-46-22-8-11-27-55(46)64-59(48)53/h1-37H. The third-order valence-electron chi connectivity index (χ3n) is 13.6. The smallest absolute Gasteiger partial charge is 0.248 e. The molecule has 12 aromatic rings. The summed E-state index contributed by atoms with van der Waals surface area (Å²) in [4.78, 5) is 4.87. The van der Waals surface area contributed by atoms with Crippen LogP contribution in [0.25, 0.3) is 77.3 Å². The lowest BCUT2D eigenvalue weighted by atomic mass is 9.37. The van der Waals surface area contributed by atoms with Crippen LogP contribution in [0.15, 0.2) is 233 Å². The first kappa shape index (κ1) is 36.0. The summed E-state index contributed by atoms with van der Waals surface area (Å²) >= 11 is 0. The number of hydrogen-bond acceptors (Lipinski definition) is 4. The van der Waals surface area contributed by atoms with Crippen molar-refractivity contribution in [1.29, 1.82) is 0 Å². The summed E-state index contributed by atoms with van der Waals surface area (Å²) in [7, 11) is 0. The number of benzene rings is 10. The van der Waals surface area contributed by atoms with E-state index in [1.807, 2.05) is 6.07 Å². The van der Waals surface area contributed by atoms with Gasteiger partial charge in [0, 0.05) is 44.3 Å². The molecular formula is C60H37BN2O2. The molecule has 0 fully saturated rings. The van der Waals surface area contributed by atoms with Crippen molar-refractivity contribution in [3.63, 3.8) is 0 Å². The highest BCUT2D eigenvalue weighted by Gasteiger charge is 2.45. The van der Waals surface area contributed by atoms with Crippen LogP contribution in [0, 0.1) is 0 Å². The van der Waals surface area contributed by atoms with Crippen LogP contribution >= 0.6 is 0 Å². The molecule has 0 bridgehead atoms. The molecule has 14 rings (SSSR count). The number of anilines is 6. The van der Waals surface area contributed by atoms with E-state index >= 15 is 0 Å². The van der Waals surface area contributed by atoms with E-state index < -0.39 is 0 Å². The molecule has 0 spiro atoms. The van der Waals surface area contributed by atoms with Gasteiger partial charge in [-0.25, -0.2) is 0 Å². The molecule has 65 heavy (non-hydrogen) atoms. The van der Waals surface area contributed by atoms with Crippen molar-refractivity contribution in [2.75, 3.05) is 9.80 Å². The zero-order valence-electron chi connectivity index (χ0n) is 35.2. The number of para-hydroxylation sites is 3. The quantitative estimate of drug-likeness (QED) is 0.156. The summed E-state index contributed by atoms with van der Waals surface area (Å²) in [5.74, 6) is 0. The summed E-state index contributed by atoms with van der Waals surface area (Å²) in [5.41, 5.74) is 20.6. The van der Waals surface area contributed by atoms with E-state index in [1.54, 1.807) is 0 Å². The van der Waals surface area contributed by atoms with Gasteiger partial charge in [-0.1, -0.05) is 175 Å². The summed E-state index contributed by atoms with van der Waals surface area (Å²) < 4.78 is 13.9. The molecule has 0 unspecified atom stereocenters. The van der Waals surface area contributed by atoms with Crippen LogP contribution < -0.4 is 26.2 Å². The Hall–Kier alpha value is -8.54. The minimum absolute atomic E-state index is 0.0102. The van der Waals surface area contributed by atoms with E-state index in [2.05, 4.69) is 228 Å². The predicted octanol–water partition coefficient (Wildman–Crippen LogP) is 14.6. The third kappa shape index (κ3) is 5.39. The lowest BCUT2D eigenvalue weighted by molar-refractivity contribution is 0.666. The maximum absolute atomic E-state index is 7.02. The zero-order valence-corrected chi connectivity index (χ0v) is 35.2. The molecule has 0 atom stereocenters. The predicted molar refractivity (Wildman–Crippen MR) is 271 cm³/mol. The first-order valence-corrected chi connectivity index (χ1v) is 22.3. The molecule has 2 aromatic heterocycles. The van der Waals surface area contributed by atoms with Gasteiger partial charge in [-0.2, -0.15) is 0 Å². The second kappa shape index (κ2) is 14.0. The Morgan fingerprint density at radius 2 is 0.954 bits per heavy atom. The lowest BCUT2D eigenvalue weighted by Gasteiger charge is -2.37. The van der Waals surface area contributed by atoms with Gasteiger partial charge in [0.1, 0.15) is 11.2 Å². The Kier molecular flexibility index (Phi) is 7.75. The highest BCUT2D eigenvalue weighted by molar-refractivity contribution is 7.01. The molecule has 0 radical (unpaired) electrons. The van der Waals surface area contributed by atoms with Crippen LogP contribution in [0.1, 0.15) is 0 Å². The normalized spacial score (nSPS) is 12.6. The number of nitrogens with zero attached hydrogens (tertiary/aromatic N) is 2. The van der Waals surface area contributed by atoms with Crippen molar-refractivity contribution in [2.45, 2.75) is 0 Å². The van der Waals surface area contributed by atoms with Gasteiger partial charge in [0.15, 0.2) is 11.2 Å². The van der Waals surface area contributed by atoms with E-state index in [0.29, 0.717) is 0 Å². The Bertz CT molecular complexity index is 3850. The average molecular weight is 829 g/mol. The molecule has 2 aliphatic heterocycles. The Morgan fingerprint density at radius 3 is 1.72 bits per heavy atom. The summed E-state index contributed by atoms with van der Waals surface area (Å²) in [6.45, 7) is -0.0102. The van der Waals surface area contributed by atoms with Gasteiger partial charge in [-0.05, 0) is 98.9 Å². The van der Waals surface area contributed by atoms with Crippen LogP contribution in [-0.2, 0) is 0 Å². The summed E-state index contributed by atoms with van der Waals surface area (Å²) in [6.07, 6.45) is 0. The van der Waals surface area contributed by atoms with Crippen LogP contribution in [0.3, 0.4) is 0 Å². The van der Waals surface area contributed by atoms with Gasteiger partial charge >= 0.3 is 0 Å². The largest absolute Gasteiger partial charge is 0.454 e. The van der Waals surface area contributed by atoms with Gasteiger partial charge in [0.2, 0.25) is 6.71 Å². The molecule has 5 heteroatoms. The van der Waals surface area contributed by atoms with Crippen molar-refractivity contribution in [2.24, 2.45) is 0 Å². The Labute approximate surface area is 375 Å². The van der Waals surface area contributed by atoms with Gasteiger partial charge in [-0.3, -0.25) is 0 Å². The van der Waals surface area contributed by atoms with E-state index in [-0.39, 0.29) is 6.71 Å². The number of hydrogen-bond donors (Lipinski definition) is 0.